The topological polar surface area (TPSA) is 37.4 Å². The lowest BCUT2D eigenvalue weighted by molar-refractivity contribution is 0.215. The van der Waals surface area contributed by atoms with E-state index >= 15 is 0 Å². The molecule has 1 aromatic rings. The zero-order chi connectivity index (χ0) is 16.7. The Bertz CT molecular complexity index is 689. The van der Waals surface area contributed by atoms with Crippen LogP contribution in [0.2, 0.25) is 0 Å². The van der Waals surface area contributed by atoms with Crippen LogP contribution in [0.3, 0.4) is 0 Å². The predicted octanol–water partition coefficient (Wildman–Crippen LogP) is 4.59. The molecule has 0 fully saturated rings. The van der Waals surface area contributed by atoms with Crippen LogP contribution in [0.15, 0.2) is 45.3 Å². The number of rotatable bonds is 3. The average Bonchev–Trinajstić information content (AvgIpc) is 2.76. The van der Waals surface area contributed by atoms with Crippen LogP contribution >= 0.6 is 15.9 Å². The van der Waals surface area contributed by atoms with Crippen molar-refractivity contribution in [2.45, 2.75) is 58.0 Å². The normalized spacial score (nSPS) is 23.6. The molecule has 22 heavy (non-hydrogen) atoms. The number of benzene rings is 1. The monoisotopic (exact) mass is 385 g/mol. The van der Waals surface area contributed by atoms with Crippen molar-refractivity contribution in [3.63, 3.8) is 0 Å². The van der Waals surface area contributed by atoms with Gasteiger partial charge in [0.2, 0.25) is 10.0 Å². The summed E-state index contributed by atoms with van der Waals surface area (Å²) in [7, 11) is -3.56. The van der Waals surface area contributed by atoms with E-state index < -0.39 is 10.0 Å². The molecular weight excluding hydrogens is 362 g/mol. The summed E-state index contributed by atoms with van der Waals surface area (Å²) in [6.45, 7) is 10.3. The minimum absolute atomic E-state index is 0.105. The van der Waals surface area contributed by atoms with Gasteiger partial charge in [-0.1, -0.05) is 51.5 Å². The number of sulfonamides is 1. The first kappa shape index (κ1) is 17.7. The second-order valence-electron chi connectivity index (χ2n) is 6.85. The Hall–Kier alpha value is -0.650. The van der Waals surface area contributed by atoms with E-state index in [1.54, 1.807) is 22.5 Å². The zero-order valence-corrected chi connectivity index (χ0v) is 16.2. The van der Waals surface area contributed by atoms with Crippen LogP contribution in [0.1, 0.15) is 41.0 Å². The summed E-state index contributed by atoms with van der Waals surface area (Å²) in [6, 6.07) is 6.79. The Balaban J connectivity index is 2.56. The first-order chi connectivity index (χ1) is 10.1. The van der Waals surface area contributed by atoms with Gasteiger partial charge in [0.1, 0.15) is 0 Å². The van der Waals surface area contributed by atoms with Crippen LogP contribution in [0, 0.1) is 5.41 Å². The molecule has 1 heterocycles. The Morgan fingerprint density at radius 3 is 2.32 bits per heavy atom. The molecule has 0 saturated carbocycles. The van der Waals surface area contributed by atoms with Gasteiger partial charge in [0.05, 0.1) is 4.90 Å². The fourth-order valence-electron chi connectivity index (χ4n) is 2.99. The predicted molar refractivity (Wildman–Crippen MR) is 94.2 cm³/mol. The largest absolute Gasteiger partial charge is 0.245 e. The van der Waals surface area contributed by atoms with E-state index in [-0.39, 0.29) is 17.5 Å². The molecule has 122 valence electrons. The molecular formula is C17H24BrNO2S. The van der Waals surface area contributed by atoms with Gasteiger partial charge in [-0.05, 0) is 46.8 Å². The van der Waals surface area contributed by atoms with Crippen LogP contribution in [-0.2, 0) is 10.0 Å². The van der Waals surface area contributed by atoms with Crippen LogP contribution in [0.5, 0.6) is 0 Å². The molecule has 1 aromatic carbocycles. The quantitative estimate of drug-likeness (QED) is 0.713. The van der Waals surface area contributed by atoms with Crippen molar-refractivity contribution in [2.75, 3.05) is 0 Å². The number of nitrogens with zero attached hydrogens (tertiary/aromatic N) is 1. The average molecular weight is 386 g/mol. The third-order valence-corrected chi connectivity index (χ3v) is 7.22. The van der Waals surface area contributed by atoms with Gasteiger partial charge in [0, 0.05) is 16.6 Å². The van der Waals surface area contributed by atoms with E-state index in [9.17, 15) is 8.42 Å². The SMILES string of the molecule is CCC1=CC(C(C)(C)C)N(S(=O)(=O)c2ccccc2Br)C1C. The second kappa shape index (κ2) is 6.10. The molecule has 0 aromatic heterocycles. The minimum Gasteiger partial charge on any atom is -0.207 e. The van der Waals surface area contributed by atoms with Crippen LogP contribution in [0.25, 0.3) is 0 Å². The van der Waals surface area contributed by atoms with Crippen molar-refractivity contribution < 1.29 is 8.42 Å². The van der Waals surface area contributed by atoms with Gasteiger partial charge < -0.3 is 0 Å². The summed E-state index contributed by atoms with van der Waals surface area (Å²) in [5.74, 6) is 0. The summed E-state index contributed by atoms with van der Waals surface area (Å²) < 4.78 is 28.8. The van der Waals surface area contributed by atoms with Gasteiger partial charge in [0.25, 0.3) is 0 Å². The highest BCUT2D eigenvalue weighted by Gasteiger charge is 2.45. The van der Waals surface area contributed by atoms with Gasteiger partial charge in [-0.15, -0.1) is 0 Å². The van der Waals surface area contributed by atoms with Gasteiger partial charge in [-0.3, -0.25) is 0 Å². The molecule has 3 nitrogen and oxygen atoms in total. The summed E-state index contributed by atoms with van der Waals surface area (Å²) in [4.78, 5) is 0.335. The van der Waals surface area contributed by atoms with Gasteiger partial charge >= 0.3 is 0 Å². The Morgan fingerprint density at radius 1 is 1.23 bits per heavy atom. The molecule has 0 N–H and O–H groups in total. The molecule has 0 amide bonds. The molecule has 0 radical (unpaired) electrons. The van der Waals surface area contributed by atoms with E-state index in [2.05, 4.69) is 49.7 Å². The number of hydrogen-bond donors (Lipinski definition) is 0. The highest BCUT2D eigenvalue weighted by Crippen LogP contribution is 2.40. The Morgan fingerprint density at radius 2 is 1.82 bits per heavy atom. The van der Waals surface area contributed by atoms with Crippen molar-refractivity contribution in [3.8, 4) is 0 Å². The summed E-state index contributed by atoms with van der Waals surface area (Å²) in [5.41, 5.74) is 1.04. The molecule has 2 rings (SSSR count). The lowest BCUT2D eigenvalue weighted by Gasteiger charge is -2.36. The maximum Gasteiger partial charge on any atom is 0.245 e. The van der Waals surface area contributed by atoms with Crippen molar-refractivity contribution in [1.29, 1.82) is 0 Å². The Kier molecular flexibility index (Phi) is 4.91. The first-order valence-electron chi connectivity index (χ1n) is 7.59. The molecule has 0 bridgehead atoms. The lowest BCUT2D eigenvalue weighted by atomic mass is 9.87. The number of halogens is 1. The van der Waals surface area contributed by atoms with Crippen LogP contribution in [0.4, 0.5) is 0 Å². The Labute approximate surface area is 142 Å². The summed E-state index contributed by atoms with van der Waals surface area (Å²) in [6.07, 6.45) is 3.01. The van der Waals surface area contributed by atoms with E-state index in [0.717, 1.165) is 6.42 Å². The lowest BCUT2D eigenvalue weighted by Crippen LogP contribution is -2.47. The van der Waals surface area contributed by atoms with Crippen LogP contribution in [-0.4, -0.2) is 24.8 Å². The highest BCUT2D eigenvalue weighted by atomic mass is 79.9. The van der Waals surface area contributed by atoms with Gasteiger partial charge in [-0.2, -0.15) is 4.31 Å². The third-order valence-electron chi connectivity index (χ3n) is 4.25. The van der Waals surface area contributed by atoms with Gasteiger partial charge in [-0.25, -0.2) is 8.42 Å². The molecule has 1 aliphatic rings. The van der Waals surface area contributed by atoms with E-state index in [1.165, 1.54) is 5.57 Å². The standard InChI is InChI=1S/C17H24BrNO2S/c1-6-13-11-16(17(3,4)5)19(12(13)2)22(20,21)15-10-8-7-9-14(15)18/h7-12,16H,6H2,1-5H3. The second-order valence-corrected chi connectivity index (χ2v) is 9.51. The molecule has 0 spiro atoms. The maximum absolute atomic E-state index is 13.2. The molecule has 5 heteroatoms. The minimum atomic E-state index is -3.56. The molecule has 2 unspecified atom stereocenters. The third kappa shape index (κ3) is 3.03. The fourth-order valence-corrected chi connectivity index (χ4v) is 5.91. The van der Waals surface area contributed by atoms with E-state index in [0.29, 0.717) is 9.37 Å². The van der Waals surface area contributed by atoms with Crippen molar-refractivity contribution >= 4 is 26.0 Å². The molecule has 2 atom stereocenters. The molecule has 0 aliphatic carbocycles. The first-order valence-corrected chi connectivity index (χ1v) is 9.82. The fraction of sp³-hybridized carbons (Fsp3) is 0.529. The van der Waals surface area contributed by atoms with Crippen LogP contribution < -0.4 is 0 Å². The number of hydrogen-bond acceptors (Lipinski definition) is 2. The van der Waals surface area contributed by atoms with Gasteiger partial charge in [0.15, 0.2) is 0 Å². The molecule has 1 aliphatic heterocycles. The van der Waals surface area contributed by atoms with Crippen molar-refractivity contribution in [1.82, 2.24) is 4.31 Å². The zero-order valence-electron chi connectivity index (χ0n) is 13.8. The van der Waals surface area contributed by atoms with E-state index in [1.807, 2.05) is 13.0 Å². The summed E-state index contributed by atoms with van der Waals surface area (Å²) >= 11 is 3.38. The highest BCUT2D eigenvalue weighted by molar-refractivity contribution is 9.10. The maximum atomic E-state index is 13.2. The molecule has 0 saturated heterocycles. The summed E-state index contributed by atoms with van der Waals surface area (Å²) in [5, 5.41) is 0. The van der Waals surface area contributed by atoms with E-state index in [4.69, 9.17) is 0 Å². The van der Waals surface area contributed by atoms with Crippen molar-refractivity contribution in [3.05, 3.63) is 40.4 Å². The van der Waals surface area contributed by atoms with Crippen molar-refractivity contribution in [2.24, 2.45) is 5.41 Å². The smallest absolute Gasteiger partial charge is 0.207 e.